The Kier molecular flexibility index (Phi) is 5.36. The van der Waals surface area contributed by atoms with Crippen LogP contribution in [0.5, 0.6) is 5.75 Å². The van der Waals surface area contributed by atoms with Gasteiger partial charge >= 0.3 is 0 Å². The molecule has 3 N–H and O–H groups in total. The molecule has 0 bridgehead atoms. The van der Waals surface area contributed by atoms with Gasteiger partial charge in [-0.05, 0) is 24.0 Å². The Morgan fingerprint density at radius 2 is 2.00 bits per heavy atom. The molecule has 1 rings (SSSR count). The van der Waals surface area contributed by atoms with Gasteiger partial charge in [-0.2, -0.15) is 0 Å². The summed E-state index contributed by atoms with van der Waals surface area (Å²) in [6, 6.07) is 7.21. The number of methoxy groups -OCH3 is 1. The highest BCUT2D eigenvalue weighted by molar-refractivity contribution is 5.92. The zero-order valence-electron chi connectivity index (χ0n) is 12.2. The average Bonchev–Trinajstić information content (AvgIpc) is 2.26. The van der Waals surface area contributed by atoms with E-state index in [4.69, 9.17) is 10.5 Å². The maximum Gasteiger partial charge on any atom is 0.226 e. The molecule has 0 aliphatic heterocycles. The third-order valence-electron chi connectivity index (χ3n) is 2.70. The van der Waals surface area contributed by atoms with Crippen molar-refractivity contribution < 1.29 is 9.53 Å². The van der Waals surface area contributed by atoms with Gasteiger partial charge in [-0.3, -0.25) is 4.79 Å². The van der Waals surface area contributed by atoms with Crippen molar-refractivity contribution in [3.8, 4) is 5.75 Å². The average molecular weight is 264 g/mol. The largest absolute Gasteiger partial charge is 0.495 e. The minimum absolute atomic E-state index is 0.0822. The topological polar surface area (TPSA) is 64.3 Å². The number of nitrogens with two attached hydrogens (primary N) is 1. The van der Waals surface area contributed by atoms with Crippen LogP contribution in [-0.2, 0) is 4.79 Å². The Bertz CT molecular complexity index is 424. The van der Waals surface area contributed by atoms with Crippen molar-refractivity contribution in [2.45, 2.75) is 39.7 Å². The van der Waals surface area contributed by atoms with Crippen LogP contribution in [-0.4, -0.2) is 19.1 Å². The van der Waals surface area contributed by atoms with Crippen molar-refractivity contribution in [1.29, 1.82) is 0 Å². The second-order valence-corrected chi connectivity index (χ2v) is 5.98. The summed E-state index contributed by atoms with van der Waals surface area (Å²) in [7, 11) is 1.58. The number of hydrogen-bond donors (Lipinski definition) is 2. The molecule has 19 heavy (non-hydrogen) atoms. The molecule has 0 spiro atoms. The van der Waals surface area contributed by atoms with Crippen LogP contribution < -0.4 is 15.8 Å². The lowest BCUT2D eigenvalue weighted by molar-refractivity contribution is -0.116. The number of anilines is 1. The Balaban J connectivity index is 2.56. The number of rotatable bonds is 5. The van der Waals surface area contributed by atoms with Gasteiger partial charge in [0.25, 0.3) is 0 Å². The normalized spacial score (nSPS) is 12.9. The number of nitrogens with one attached hydrogen (secondary N) is 1. The molecule has 1 atom stereocenters. The third kappa shape index (κ3) is 5.75. The van der Waals surface area contributed by atoms with Crippen LogP contribution in [0.1, 0.15) is 33.6 Å². The number of hydrogen-bond acceptors (Lipinski definition) is 3. The summed E-state index contributed by atoms with van der Waals surface area (Å²) in [5, 5.41) is 2.83. The lowest BCUT2D eigenvalue weighted by Gasteiger charge is -2.22. The van der Waals surface area contributed by atoms with Crippen LogP contribution in [0.3, 0.4) is 0 Å². The van der Waals surface area contributed by atoms with E-state index in [1.807, 2.05) is 24.3 Å². The highest BCUT2D eigenvalue weighted by atomic mass is 16.5. The van der Waals surface area contributed by atoms with Gasteiger partial charge < -0.3 is 15.8 Å². The molecule has 1 aromatic carbocycles. The van der Waals surface area contributed by atoms with Gasteiger partial charge in [0.15, 0.2) is 0 Å². The lowest BCUT2D eigenvalue weighted by atomic mass is 9.87. The quantitative estimate of drug-likeness (QED) is 0.859. The van der Waals surface area contributed by atoms with E-state index in [-0.39, 0.29) is 17.4 Å². The molecule has 0 aliphatic carbocycles. The molecule has 1 amide bonds. The summed E-state index contributed by atoms with van der Waals surface area (Å²) in [6.07, 6.45) is 1.13. The Morgan fingerprint density at radius 1 is 1.37 bits per heavy atom. The Morgan fingerprint density at radius 3 is 2.58 bits per heavy atom. The predicted octanol–water partition coefficient (Wildman–Crippen LogP) is 2.79. The maximum absolute atomic E-state index is 11.9. The van der Waals surface area contributed by atoms with E-state index in [9.17, 15) is 4.79 Å². The fourth-order valence-corrected chi connectivity index (χ4v) is 2.05. The zero-order valence-corrected chi connectivity index (χ0v) is 12.2. The van der Waals surface area contributed by atoms with Crippen molar-refractivity contribution in [1.82, 2.24) is 0 Å². The SMILES string of the molecule is COc1ccccc1NC(=O)CC(N)CC(C)(C)C. The summed E-state index contributed by atoms with van der Waals surface area (Å²) in [5.74, 6) is 0.571. The van der Waals surface area contributed by atoms with Crippen molar-refractivity contribution in [2.24, 2.45) is 11.1 Å². The fourth-order valence-electron chi connectivity index (χ4n) is 2.05. The van der Waals surface area contributed by atoms with Gasteiger partial charge in [-0.25, -0.2) is 0 Å². The summed E-state index contributed by atoms with van der Waals surface area (Å²) >= 11 is 0. The zero-order chi connectivity index (χ0) is 14.5. The molecular weight excluding hydrogens is 240 g/mol. The number of ether oxygens (including phenoxy) is 1. The van der Waals surface area contributed by atoms with Crippen LogP contribution in [0.25, 0.3) is 0 Å². The minimum atomic E-state index is -0.130. The summed E-state index contributed by atoms with van der Waals surface area (Å²) in [6.45, 7) is 6.35. The van der Waals surface area contributed by atoms with Crippen molar-refractivity contribution in [3.63, 3.8) is 0 Å². The number of amides is 1. The molecule has 0 aromatic heterocycles. The van der Waals surface area contributed by atoms with Gasteiger partial charge in [-0.1, -0.05) is 32.9 Å². The van der Waals surface area contributed by atoms with E-state index in [0.717, 1.165) is 6.42 Å². The molecule has 0 saturated heterocycles. The molecule has 4 nitrogen and oxygen atoms in total. The van der Waals surface area contributed by atoms with Crippen LogP contribution in [0.2, 0.25) is 0 Å². The minimum Gasteiger partial charge on any atom is -0.495 e. The smallest absolute Gasteiger partial charge is 0.226 e. The van der Waals surface area contributed by atoms with Crippen LogP contribution >= 0.6 is 0 Å². The molecule has 106 valence electrons. The maximum atomic E-state index is 11.9. The first-order valence-electron chi connectivity index (χ1n) is 6.50. The Labute approximate surface area is 115 Å². The number of para-hydroxylation sites is 2. The highest BCUT2D eigenvalue weighted by Gasteiger charge is 2.18. The van der Waals surface area contributed by atoms with Gasteiger partial charge in [0.1, 0.15) is 5.75 Å². The van der Waals surface area contributed by atoms with Crippen molar-refractivity contribution in [3.05, 3.63) is 24.3 Å². The van der Waals surface area contributed by atoms with Gasteiger partial charge in [0.2, 0.25) is 5.91 Å². The van der Waals surface area contributed by atoms with Crippen LogP contribution in [0.4, 0.5) is 5.69 Å². The van der Waals surface area contributed by atoms with Gasteiger partial charge in [0, 0.05) is 12.5 Å². The van der Waals surface area contributed by atoms with Crippen LogP contribution in [0, 0.1) is 5.41 Å². The van der Waals surface area contributed by atoms with E-state index in [1.54, 1.807) is 7.11 Å². The lowest BCUT2D eigenvalue weighted by Crippen LogP contribution is -2.31. The fraction of sp³-hybridized carbons (Fsp3) is 0.533. The number of benzene rings is 1. The second kappa shape index (κ2) is 6.57. The summed E-state index contributed by atoms with van der Waals surface area (Å²) < 4.78 is 5.19. The standard InChI is InChI=1S/C15H24N2O2/c1-15(2,3)10-11(16)9-14(18)17-12-7-5-6-8-13(12)19-4/h5-8,11H,9-10,16H2,1-4H3,(H,17,18). The molecule has 1 aromatic rings. The first-order chi connectivity index (χ1) is 8.81. The van der Waals surface area contributed by atoms with E-state index in [2.05, 4.69) is 26.1 Å². The monoisotopic (exact) mass is 264 g/mol. The number of carbonyl (C=O) groups excluding carboxylic acids is 1. The Hall–Kier alpha value is -1.55. The van der Waals surface area contributed by atoms with E-state index in [1.165, 1.54) is 0 Å². The van der Waals surface area contributed by atoms with E-state index >= 15 is 0 Å². The molecular formula is C15H24N2O2. The predicted molar refractivity (Wildman–Crippen MR) is 78.3 cm³/mol. The third-order valence-corrected chi connectivity index (χ3v) is 2.70. The second-order valence-electron chi connectivity index (χ2n) is 5.98. The summed E-state index contributed by atoms with van der Waals surface area (Å²) in [5.41, 5.74) is 6.80. The van der Waals surface area contributed by atoms with E-state index in [0.29, 0.717) is 17.9 Å². The molecule has 0 aliphatic rings. The van der Waals surface area contributed by atoms with Crippen molar-refractivity contribution in [2.75, 3.05) is 12.4 Å². The van der Waals surface area contributed by atoms with Crippen LogP contribution in [0.15, 0.2) is 24.3 Å². The van der Waals surface area contributed by atoms with Gasteiger partial charge in [0.05, 0.1) is 12.8 Å². The molecule has 4 heteroatoms. The first kappa shape index (κ1) is 15.5. The highest BCUT2D eigenvalue weighted by Crippen LogP contribution is 2.24. The molecule has 0 radical (unpaired) electrons. The van der Waals surface area contributed by atoms with Crippen molar-refractivity contribution >= 4 is 11.6 Å². The molecule has 0 saturated carbocycles. The first-order valence-corrected chi connectivity index (χ1v) is 6.50. The summed E-state index contributed by atoms with van der Waals surface area (Å²) in [4.78, 5) is 11.9. The molecule has 0 heterocycles. The van der Waals surface area contributed by atoms with E-state index < -0.39 is 0 Å². The van der Waals surface area contributed by atoms with Gasteiger partial charge in [-0.15, -0.1) is 0 Å². The molecule has 0 fully saturated rings. The number of carbonyl (C=O) groups is 1. The molecule has 1 unspecified atom stereocenters.